The lowest BCUT2D eigenvalue weighted by molar-refractivity contribution is -0.154. The van der Waals surface area contributed by atoms with E-state index in [1.54, 1.807) is 25.2 Å². The number of rotatable bonds is 3. The van der Waals surface area contributed by atoms with Crippen LogP contribution in [0.5, 0.6) is 0 Å². The minimum Gasteiger partial charge on any atom is -0.336 e. The first-order valence-electron chi connectivity index (χ1n) is 6.13. The van der Waals surface area contributed by atoms with Gasteiger partial charge < -0.3 is 9.80 Å². The van der Waals surface area contributed by atoms with Gasteiger partial charge in [-0.15, -0.1) is 0 Å². The molecule has 2 amide bonds. The third kappa shape index (κ3) is 2.81. The molecule has 1 aliphatic rings. The summed E-state index contributed by atoms with van der Waals surface area (Å²) in [6, 6.07) is 7.21. The first kappa shape index (κ1) is 13.3. The van der Waals surface area contributed by atoms with E-state index in [0.717, 1.165) is 5.56 Å². The topological polar surface area (TPSA) is 57.7 Å². The van der Waals surface area contributed by atoms with E-state index < -0.39 is 11.8 Å². The van der Waals surface area contributed by atoms with Crippen molar-refractivity contribution in [2.75, 3.05) is 26.7 Å². The molecule has 0 radical (unpaired) electrons. The predicted molar refractivity (Wildman–Crippen MR) is 69.7 cm³/mol. The Bertz CT molecular complexity index is 539. The normalized spacial score (nSPS) is 15.9. The summed E-state index contributed by atoms with van der Waals surface area (Å²) in [4.78, 5) is 38.0. The third-order valence-electron chi connectivity index (χ3n) is 3.20. The highest BCUT2D eigenvalue weighted by molar-refractivity contribution is 6.35. The first-order valence-corrected chi connectivity index (χ1v) is 6.13. The van der Waals surface area contributed by atoms with E-state index in [1.807, 2.05) is 13.0 Å². The Morgan fingerprint density at radius 2 is 1.95 bits per heavy atom. The molecule has 1 aliphatic heterocycles. The van der Waals surface area contributed by atoms with Gasteiger partial charge in [-0.3, -0.25) is 14.4 Å². The predicted octanol–water partition coefficient (Wildman–Crippen LogP) is 0.478. The molecule has 0 spiro atoms. The second-order valence-electron chi connectivity index (χ2n) is 4.75. The molecule has 5 heteroatoms. The number of carbonyl (C=O) groups excluding carboxylic acids is 3. The maximum atomic E-state index is 12.1. The lowest BCUT2D eigenvalue weighted by atomic mass is 10.1. The van der Waals surface area contributed by atoms with Crippen LogP contribution in [-0.4, -0.2) is 54.1 Å². The van der Waals surface area contributed by atoms with Crippen LogP contribution in [0.4, 0.5) is 0 Å². The van der Waals surface area contributed by atoms with Crippen molar-refractivity contribution in [2.45, 2.75) is 6.92 Å². The summed E-state index contributed by atoms with van der Waals surface area (Å²) >= 11 is 0. The van der Waals surface area contributed by atoms with Gasteiger partial charge in [-0.1, -0.05) is 23.8 Å². The van der Waals surface area contributed by atoms with Gasteiger partial charge in [-0.25, -0.2) is 0 Å². The zero-order valence-electron chi connectivity index (χ0n) is 11.0. The van der Waals surface area contributed by atoms with Crippen LogP contribution in [0.15, 0.2) is 24.3 Å². The summed E-state index contributed by atoms with van der Waals surface area (Å²) in [5.41, 5.74) is 1.56. The van der Waals surface area contributed by atoms with Gasteiger partial charge >= 0.3 is 11.8 Å². The Morgan fingerprint density at radius 1 is 1.21 bits per heavy atom. The van der Waals surface area contributed by atoms with E-state index in [9.17, 15) is 14.4 Å². The van der Waals surface area contributed by atoms with E-state index >= 15 is 0 Å². The van der Waals surface area contributed by atoms with Crippen molar-refractivity contribution in [1.82, 2.24) is 9.80 Å². The van der Waals surface area contributed by atoms with Gasteiger partial charge in [0.25, 0.3) is 0 Å². The van der Waals surface area contributed by atoms with E-state index in [4.69, 9.17) is 0 Å². The van der Waals surface area contributed by atoms with Crippen molar-refractivity contribution >= 4 is 17.6 Å². The minimum atomic E-state index is -0.602. The molecule has 0 saturated carbocycles. The molecule has 1 aromatic carbocycles. The van der Waals surface area contributed by atoms with Crippen molar-refractivity contribution in [1.29, 1.82) is 0 Å². The molecule has 1 heterocycles. The maximum absolute atomic E-state index is 12.1. The first-order chi connectivity index (χ1) is 8.99. The fourth-order valence-corrected chi connectivity index (χ4v) is 2.01. The van der Waals surface area contributed by atoms with Crippen molar-refractivity contribution in [2.24, 2.45) is 0 Å². The molecule has 5 nitrogen and oxygen atoms in total. The minimum absolute atomic E-state index is 0.0398. The molecule has 0 unspecified atom stereocenters. The van der Waals surface area contributed by atoms with Crippen LogP contribution >= 0.6 is 0 Å². The zero-order valence-corrected chi connectivity index (χ0v) is 11.0. The fraction of sp³-hybridized carbons (Fsp3) is 0.357. The number of hydrogen-bond donors (Lipinski definition) is 0. The summed E-state index contributed by atoms with van der Waals surface area (Å²) in [5.74, 6) is -1.30. The number of likely N-dealkylation sites (N-methyl/N-ethyl adjacent to an activating group) is 1. The Balaban J connectivity index is 2.07. The molecule has 0 atom stereocenters. The lowest BCUT2D eigenvalue weighted by Crippen LogP contribution is -2.53. The molecule has 1 saturated heterocycles. The van der Waals surface area contributed by atoms with Gasteiger partial charge in [-0.2, -0.15) is 0 Å². The number of hydrogen-bond acceptors (Lipinski definition) is 3. The highest BCUT2D eigenvalue weighted by Crippen LogP contribution is 2.08. The van der Waals surface area contributed by atoms with E-state index in [-0.39, 0.29) is 12.3 Å². The molecule has 100 valence electrons. The van der Waals surface area contributed by atoms with Crippen LogP contribution in [0.2, 0.25) is 0 Å². The number of amides is 2. The molecule has 2 rings (SSSR count). The molecular weight excluding hydrogens is 244 g/mol. The molecule has 0 bridgehead atoms. The Kier molecular flexibility index (Phi) is 3.64. The third-order valence-corrected chi connectivity index (χ3v) is 3.20. The molecule has 0 aliphatic carbocycles. The van der Waals surface area contributed by atoms with Crippen molar-refractivity contribution < 1.29 is 14.4 Å². The molecule has 0 N–H and O–H groups in total. The molecular formula is C14H16N2O3. The van der Waals surface area contributed by atoms with E-state index in [2.05, 4.69) is 0 Å². The van der Waals surface area contributed by atoms with Crippen LogP contribution in [0.25, 0.3) is 0 Å². The van der Waals surface area contributed by atoms with Crippen molar-refractivity contribution in [3.63, 3.8) is 0 Å². The maximum Gasteiger partial charge on any atom is 0.312 e. The van der Waals surface area contributed by atoms with Gasteiger partial charge in [0.05, 0.1) is 6.54 Å². The smallest absolute Gasteiger partial charge is 0.312 e. The van der Waals surface area contributed by atoms with E-state index in [1.165, 1.54) is 9.80 Å². The number of benzene rings is 1. The van der Waals surface area contributed by atoms with Gasteiger partial charge in [0.15, 0.2) is 5.78 Å². The average molecular weight is 260 g/mol. The van der Waals surface area contributed by atoms with Crippen LogP contribution < -0.4 is 0 Å². The van der Waals surface area contributed by atoms with Crippen molar-refractivity contribution in [3.05, 3.63) is 35.4 Å². The summed E-state index contributed by atoms with van der Waals surface area (Å²) in [5, 5.41) is 0. The highest BCUT2D eigenvalue weighted by Gasteiger charge is 2.31. The van der Waals surface area contributed by atoms with E-state index in [0.29, 0.717) is 18.7 Å². The van der Waals surface area contributed by atoms with Crippen molar-refractivity contribution in [3.8, 4) is 0 Å². The number of nitrogens with zero attached hydrogens (tertiary/aromatic N) is 2. The van der Waals surface area contributed by atoms with Gasteiger partial charge in [0.2, 0.25) is 0 Å². The van der Waals surface area contributed by atoms with Crippen LogP contribution in [0.1, 0.15) is 15.9 Å². The Hall–Kier alpha value is -2.17. The average Bonchev–Trinajstić information content (AvgIpc) is 2.39. The second kappa shape index (κ2) is 5.22. The molecule has 19 heavy (non-hydrogen) atoms. The summed E-state index contributed by atoms with van der Waals surface area (Å²) < 4.78 is 0. The molecule has 0 aromatic heterocycles. The summed E-state index contributed by atoms with van der Waals surface area (Å²) in [7, 11) is 1.58. The Labute approximate surface area is 111 Å². The molecule has 1 fully saturated rings. The highest BCUT2D eigenvalue weighted by atomic mass is 16.2. The standard InChI is InChI=1S/C14H16N2O3/c1-10-4-3-5-11(8-10)12(17)9-16-7-6-15(2)13(18)14(16)19/h3-5,8H,6-7,9H2,1-2H3. The van der Waals surface area contributed by atoms with Gasteiger partial charge in [-0.05, 0) is 13.0 Å². The van der Waals surface area contributed by atoms with Gasteiger partial charge in [0.1, 0.15) is 0 Å². The number of carbonyl (C=O) groups is 3. The number of aryl methyl sites for hydroxylation is 1. The SMILES string of the molecule is Cc1cccc(C(=O)CN2CCN(C)C(=O)C2=O)c1. The number of Topliss-reactive ketones (excluding diaryl/α,β-unsaturated/α-hetero) is 1. The number of piperazine rings is 1. The van der Waals surface area contributed by atoms with Crippen LogP contribution in [0.3, 0.4) is 0 Å². The fourth-order valence-electron chi connectivity index (χ4n) is 2.01. The lowest BCUT2D eigenvalue weighted by Gasteiger charge is -2.30. The quantitative estimate of drug-likeness (QED) is 0.586. The van der Waals surface area contributed by atoms with Gasteiger partial charge in [0, 0.05) is 25.7 Å². The largest absolute Gasteiger partial charge is 0.336 e. The molecule has 1 aromatic rings. The zero-order chi connectivity index (χ0) is 14.0. The second-order valence-corrected chi connectivity index (χ2v) is 4.75. The van der Waals surface area contributed by atoms with Crippen LogP contribution in [-0.2, 0) is 9.59 Å². The Morgan fingerprint density at radius 3 is 2.63 bits per heavy atom. The summed E-state index contributed by atoms with van der Waals surface area (Å²) in [6.07, 6.45) is 0. The van der Waals surface area contributed by atoms with Crippen LogP contribution in [0, 0.1) is 6.92 Å². The number of ketones is 1. The summed E-state index contributed by atoms with van der Waals surface area (Å²) in [6.45, 7) is 2.73. The monoisotopic (exact) mass is 260 g/mol.